The fourth-order valence-corrected chi connectivity index (χ4v) is 3.66. The predicted molar refractivity (Wildman–Crippen MR) is 150 cm³/mol. The van der Waals surface area contributed by atoms with Crippen LogP contribution in [0.3, 0.4) is 0 Å². The van der Waals surface area contributed by atoms with Gasteiger partial charge >= 0.3 is 11.9 Å². The highest BCUT2D eigenvalue weighted by Crippen LogP contribution is 2.29. The Balaban J connectivity index is 0.000000279. The van der Waals surface area contributed by atoms with Gasteiger partial charge in [-0.1, -0.05) is 71.0 Å². The van der Waals surface area contributed by atoms with Gasteiger partial charge in [-0.2, -0.15) is 0 Å². The fraction of sp³-hybridized carbons (Fsp3) is 0.267. The molecule has 4 rings (SSSR count). The van der Waals surface area contributed by atoms with Crippen LogP contribution in [-0.4, -0.2) is 39.6 Å². The Labute approximate surface area is 221 Å². The number of carbonyl (C=O) groups is 3. The van der Waals surface area contributed by atoms with Gasteiger partial charge in [0.15, 0.2) is 0 Å². The van der Waals surface area contributed by atoms with Gasteiger partial charge in [0.1, 0.15) is 0 Å². The lowest BCUT2D eigenvalue weighted by Gasteiger charge is -2.11. The van der Waals surface area contributed by atoms with E-state index in [0.29, 0.717) is 11.3 Å². The second kappa shape index (κ2) is 11.7. The van der Waals surface area contributed by atoms with Crippen LogP contribution in [0.4, 0.5) is 5.69 Å². The van der Waals surface area contributed by atoms with E-state index in [0.717, 1.165) is 34.0 Å². The summed E-state index contributed by atoms with van der Waals surface area (Å²) in [6.45, 7) is 11.0. The summed E-state index contributed by atoms with van der Waals surface area (Å²) in [7, 11) is 0. The normalized spacial score (nSPS) is 11.8. The molecule has 0 aliphatic heterocycles. The van der Waals surface area contributed by atoms with Crippen molar-refractivity contribution < 1.29 is 24.6 Å². The van der Waals surface area contributed by atoms with Crippen molar-refractivity contribution in [3.8, 4) is 0 Å². The first-order valence-electron chi connectivity index (χ1n) is 12.3. The molecule has 0 aliphatic rings. The van der Waals surface area contributed by atoms with Gasteiger partial charge in [0, 0.05) is 28.2 Å². The number of carboxylic acid groups (broad SMARTS) is 2. The van der Waals surface area contributed by atoms with E-state index < -0.39 is 17.4 Å². The number of nitrogens with zero attached hydrogens (tertiary/aromatic N) is 1. The van der Waals surface area contributed by atoms with Gasteiger partial charge < -0.3 is 20.5 Å². The van der Waals surface area contributed by atoms with Crippen LogP contribution < -0.4 is 10.7 Å². The van der Waals surface area contributed by atoms with E-state index in [1.54, 1.807) is 0 Å². The van der Waals surface area contributed by atoms with Crippen LogP contribution >= 0.6 is 0 Å². The van der Waals surface area contributed by atoms with Gasteiger partial charge in [-0.25, -0.2) is 14.6 Å². The molecule has 0 spiro atoms. The first kappa shape index (κ1) is 28.1. The first-order valence-corrected chi connectivity index (χ1v) is 12.3. The van der Waals surface area contributed by atoms with E-state index in [2.05, 4.69) is 53.4 Å². The second-order valence-corrected chi connectivity index (χ2v) is 10.4. The van der Waals surface area contributed by atoms with Crippen LogP contribution in [0, 0.1) is 11.3 Å². The molecule has 4 N–H and O–H groups in total. The van der Waals surface area contributed by atoms with Gasteiger partial charge in [0.2, 0.25) is 0 Å². The Bertz CT molecular complexity index is 1530. The Morgan fingerprint density at radius 3 is 2.00 bits per heavy atom. The number of fused-ring (bicyclic) bond motifs is 3. The largest absolute Gasteiger partial charge is 0.478 e. The van der Waals surface area contributed by atoms with Crippen LogP contribution in [0.1, 0.15) is 55.3 Å². The minimum absolute atomic E-state index is 0.118. The van der Waals surface area contributed by atoms with Crippen LogP contribution in [0.15, 0.2) is 71.7 Å². The predicted octanol–water partition coefficient (Wildman–Crippen LogP) is 5.95. The molecule has 0 aliphatic carbocycles. The third kappa shape index (κ3) is 6.85. The molecule has 4 aromatic rings. The van der Waals surface area contributed by atoms with Gasteiger partial charge in [-0.15, -0.1) is 0 Å². The van der Waals surface area contributed by atoms with Crippen molar-refractivity contribution in [1.29, 1.82) is 0 Å². The number of amides is 1. The summed E-state index contributed by atoms with van der Waals surface area (Å²) < 4.78 is 0. The number of H-pyrrole nitrogens is 1. The molecule has 8 nitrogen and oxygen atoms in total. The molecule has 1 heterocycles. The Morgan fingerprint density at radius 1 is 0.868 bits per heavy atom. The molecular formula is C30H33N3O5. The van der Waals surface area contributed by atoms with E-state index in [4.69, 9.17) is 10.2 Å². The maximum atomic E-state index is 12.3. The molecule has 8 heteroatoms. The molecule has 0 fully saturated rings. The summed E-state index contributed by atoms with van der Waals surface area (Å²) in [5, 5.41) is 23.6. The number of carboxylic acids is 2. The Morgan fingerprint density at radius 2 is 1.45 bits per heavy atom. The molecule has 38 heavy (non-hydrogen) atoms. The minimum atomic E-state index is -1.23. The van der Waals surface area contributed by atoms with Crippen molar-refractivity contribution in [3.05, 3.63) is 83.2 Å². The summed E-state index contributed by atoms with van der Waals surface area (Å²) in [6.07, 6.45) is 0. The SMILES string of the molecule is CC(C)CNc1cccc2c1[nH]c1cc(=NC(=O)C(C)(C)C)cccc12.O=C(O)c1ccccc1C(=O)O. The monoisotopic (exact) mass is 515 g/mol. The zero-order chi connectivity index (χ0) is 28.0. The lowest BCUT2D eigenvalue weighted by molar-refractivity contribution is -0.125. The summed E-state index contributed by atoms with van der Waals surface area (Å²) in [6, 6.07) is 19.6. The van der Waals surface area contributed by atoms with E-state index in [1.165, 1.54) is 24.3 Å². The summed E-state index contributed by atoms with van der Waals surface area (Å²) >= 11 is 0. The third-order valence-electron chi connectivity index (χ3n) is 5.69. The second-order valence-electron chi connectivity index (χ2n) is 10.4. The Hall–Kier alpha value is -4.46. The number of aromatic carboxylic acids is 2. The van der Waals surface area contributed by atoms with Gasteiger partial charge in [0.25, 0.3) is 5.91 Å². The number of anilines is 1. The van der Waals surface area contributed by atoms with Crippen molar-refractivity contribution in [2.24, 2.45) is 16.3 Å². The maximum Gasteiger partial charge on any atom is 0.336 e. The van der Waals surface area contributed by atoms with Crippen molar-refractivity contribution >= 4 is 45.3 Å². The maximum absolute atomic E-state index is 12.3. The minimum Gasteiger partial charge on any atom is -0.478 e. The zero-order valence-electron chi connectivity index (χ0n) is 22.2. The summed E-state index contributed by atoms with van der Waals surface area (Å²) in [5.41, 5.74) is 2.29. The number of nitrogens with one attached hydrogen (secondary N) is 2. The zero-order valence-corrected chi connectivity index (χ0v) is 22.2. The number of aromatic nitrogens is 1. The van der Waals surface area contributed by atoms with Crippen LogP contribution in [0.2, 0.25) is 0 Å². The molecule has 0 unspecified atom stereocenters. The molecule has 0 saturated heterocycles. The van der Waals surface area contributed by atoms with Crippen LogP contribution in [-0.2, 0) is 4.79 Å². The number of hydrogen-bond acceptors (Lipinski definition) is 4. The quantitative estimate of drug-likeness (QED) is 0.260. The van der Waals surface area contributed by atoms with E-state index in [-0.39, 0.29) is 17.0 Å². The highest BCUT2D eigenvalue weighted by Gasteiger charge is 2.20. The standard InChI is InChI=1S/C22H27N3O.C8H6O4/c1-14(2)13-23-18-11-7-10-17-16-9-6-8-15(12-19(16)25-20(17)18)24-21(26)22(3,4)5;9-7(10)5-3-1-2-4-6(5)8(11)12/h6-12,14,23,25H,13H2,1-5H3;1-4H,(H,9,10)(H,11,12). The number of benzene rings is 2. The average molecular weight is 516 g/mol. The molecule has 0 radical (unpaired) electrons. The van der Waals surface area contributed by atoms with E-state index >= 15 is 0 Å². The third-order valence-corrected chi connectivity index (χ3v) is 5.69. The number of carbonyl (C=O) groups excluding carboxylic acids is 1. The topological polar surface area (TPSA) is 132 Å². The lowest BCUT2D eigenvalue weighted by Crippen LogP contribution is -2.20. The number of para-hydroxylation sites is 1. The van der Waals surface area contributed by atoms with Crippen molar-refractivity contribution in [2.75, 3.05) is 11.9 Å². The van der Waals surface area contributed by atoms with Gasteiger partial charge in [0.05, 0.1) is 27.7 Å². The first-order chi connectivity index (χ1) is 17.9. The molecule has 1 aromatic heterocycles. The van der Waals surface area contributed by atoms with Crippen molar-refractivity contribution in [1.82, 2.24) is 4.98 Å². The lowest BCUT2D eigenvalue weighted by atomic mass is 9.96. The van der Waals surface area contributed by atoms with E-state index in [1.807, 2.05) is 39.0 Å². The highest BCUT2D eigenvalue weighted by molar-refractivity contribution is 6.10. The molecule has 0 bridgehead atoms. The smallest absolute Gasteiger partial charge is 0.336 e. The summed E-state index contributed by atoms with van der Waals surface area (Å²) in [5.74, 6) is -2.01. The van der Waals surface area contributed by atoms with Crippen LogP contribution in [0.25, 0.3) is 21.8 Å². The molecule has 1 amide bonds. The van der Waals surface area contributed by atoms with Crippen LogP contribution in [0.5, 0.6) is 0 Å². The van der Waals surface area contributed by atoms with Crippen molar-refractivity contribution in [2.45, 2.75) is 34.6 Å². The molecule has 3 aromatic carbocycles. The molecular weight excluding hydrogens is 482 g/mol. The van der Waals surface area contributed by atoms with Gasteiger partial charge in [-0.05, 0) is 36.2 Å². The fourth-order valence-electron chi connectivity index (χ4n) is 3.66. The summed E-state index contributed by atoms with van der Waals surface area (Å²) in [4.78, 5) is 41.0. The number of hydrogen-bond donors (Lipinski definition) is 4. The highest BCUT2D eigenvalue weighted by atomic mass is 16.4. The van der Waals surface area contributed by atoms with E-state index in [9.17, 15) is 14.4 Å². The van der Waals surface area contributed by atoms with Gasteiger partial charge in [-0.3, -0.25) is 4.79 Å². The number of rotatable bonds is 5. The Kier molecular flexibility index (Phi) is 8.68. The molecule has 0 atom stereocenters. The molecule has 198 valence electrons. The average Bonchev–Trinajstić information content (AvgIpc) is 3.07. The van der Waals surface area contributed by atoms with Crippen molar-refractivity contribution in [3.63, 3.8) is 0 Å². The number of aromatic amines is 1. The molecule has 0 saturated carbocycles.